The van der Waals surface area contributed by atoms with Crippen molar-refractivity contribution >= 4 is 40.5 Å². The molecule has 0 saturated carbocycles. The molecule has 0 atom stereocenters. The van der Waals surface area contributed by atoms with Crippen molar-refractivity contribution in [1.82, 2.24) is 15.0 Å². The first-order valence-corrected chi connectivity index (χ1v) is 7.27. The standard InChI is InChI=1S/C11H12Cl2N4OS/c1-2-18-11-16-9(13)15-10(17-11)14-6-5-7-3-4-8(12)19-7/h3-4H,2,5-6H2,1H3,(H,14,15,16,17). The first-order chi connectivity index (χ1) is 9.17. The van der Waals surface area contributed by atoms with Gasteiger partial charge in [-0.3, -0.25) is 0 Å². The number of anilines is 1. The van der Waals surface area contributed by atoms with Crippen molar-refractivity contribution in [2.45, 2.75) is 13.3 Å². The number of hydrogen-bond acceptors (Lipinski definition) is 6. The Morgan fingerprint density at radius 1 is 1.26 bits per heavy atom. The lowest BCUT2D eigenvalue weighted by Gasteiger charge is -2.06. The molecular formula is C11H12Cl2N4OS. The summed E-state index contributed by atoms with van der Waals surface area (Å²) in [6, 6.07) is 4.11. The predicted octanol–water partition coefficient (Wildman–Crippen LogP) is 3.29. The van der Waals surface area contributed by atoms with Crippen LogP contribution >= 0.6 is 34.5 Å². The Morgan fingerprint density at radius 2 is 2.11 bits per heavy atom. The fourth-order valence-corrected chi connectivity index (χ4v) is 2.63. The van der Waals surface area contributed by atoms with Crippen molar-refractivity contribution in [3.05, 3.63) is 26.6 Å². The minimum Gasteiger partial charge on any atom is -0.464 e. The van der Waals surface area contributed by atoms with E-state index >= 15 is 0 Å². The van der Waals surface area contributed by atoms with Crippen LogP contribution in [0.1, 0.15) is 11.8 Å². The Kier molecular flexibility index (Phi) is 5.18. The van der Waals surface area contributed by atoms with E-state index in [2.05, 4.69) is 20.3 Å². The summed E-state index contributed by atoms with van der Waals surface area (Å²) >= 11 is 13.2. The van der Waals surface area contributed by atoms with Crippen LogP contribution in [0.15, 0.2) is 12.1 Å². The molecule has 0 fully saturated rings. The van der Waals surface area contributed by atoms with Crippen LogP contribution in [0, 0.1) is 0 Å². The van der Waals surface area contributed by atoms with Crippen molar-refractivity contribution in [2.24, 2.45) is 0 Å². The van der Waals surface area contributed by atoms with Gasteiger partial charge in [0.25, 0.3) is 0 Å². The number of halogens is 2. The fourth-order valence-electron chi connectivity index (χ4n) is 1.39. The molecule has 0 bridgehead atoms. The van der Waals surface area contributed by atoms with Gasteiger partial charge in [0.1, 0.15) is 0 Å². The zero-order valence-electron chi connectivity index (χ0n) is 10.2. The summed E-state index contributed by atoms with van der Waals surface area (Å²) in [5.41, 5.74) is 0. The molecule has 2 aromatic rings. The van der Waals surface area contributed by atoms with Gasteiger partial charge in [-0.05, 0) is 37.1 Å². The van der Waals surface area contributed by atoms with Crippen LogP contribution in [0.4, 0.5) is 5.95 Å². The molecule has 0 spiro atoms. The Bertz CT molecular complexity index is 549. The van der Waals surface area contributed by atoms with E-state index in [1.165, 1.54) is 4.88 Å². The summed E-state index contributed by atoms with van der Waals surface area (Å²) in [4.78, 5) is 13.1. The van der Waals surface area contributed by atoms with Crippen LogP contribution in [0.3, 0.4) is 0 Å². The number of ether oxygens (including phenoxy) is 1. The molecule has 19 heavy (non-hydrogen) atoms. The first-order valence-electron chi connectivity index (χ1n) is 5.70. The Balaban J connectivity index is 1.91. The van der Waals surface area contributed by atoms with Gasteiger partial charge in [0.15, 0.2) is 0 Å². The van der Waals surface area contributed by atoms with Crippen molar-refractivity contribution in [3.63, 3.8) is 0 Å². The number of nitrogens with zero attached hydrogens (tertiary/aromatic N) is 3. The van der Waals surface area contributed by atoms with Gasteiger partial charge in [-0.25, -0.2) is 0 Å². The quantitative estimate of drug-likeness (QED) is 0.885. The Labute approximate surface area is 125 Å². The predicted molar refractivity (Wildman–Crippen MR) is 77.5 cm³/mol. The maximum absolute atomic E-state index is 5.86. The van der Waals surface area contributed by atoms with Crippen LogP contribution < -0.4 is 10.1 Å². The van der Waals surface area contributed by atoms with Gasteiger partial charge in [0.05, 0.1) is 10.9 Å². The van der Waals surface area contributed by atoms with E-state index in [4.69, 9.17) is 27.9 Å². The minimum absolute atomic E-state index is 0.111. The zero-order chi connectivity index (χ0) is 13.7. The molecule has 2 aromatic heterocycles. The smallest absolute Gasteiger partial charge is 0.322 e. The van der Waals surface area contributed by atoms with Gasteiger partial charge in [0.2, 0.25) is 11.2 Å². The van der Waals surface area contributed by atoms with Crippen LogP contribution in [0.5, 0.6) is 6.01 Å². The molecule has 2 heterocycles. The highest BCUT2D eigenvalue weighted by molar-refractivity contribution is 7.16. The lowest BCUT2D eigenvalue weighted by Crippen LogP contribution is -2.09. The maximum atomic E-state index is 5.86. The van der Waals surface area contributed by atoms with E-state index in [1.54, 1.807) is 11.3 Å². The minimum atomic E-state index is 0.111. The molecule has 0 aromatic carbocycles. The summed E-state index contributed by atoms with van der Waals surface area (Å²) in [7, 11) is 0. The van der Waals surface area contributed by atoms with Crippen molar-refractivity contribution < 1.29 is 4.74 Å². The fraction of sp³-hybridized carbons (Fsp3) is 0.364. The molecule has 8 heteroatoms. The van der Waals surface area contributed by atoms with E-state index in [1.807, 2.05) is 19.1 Å². The molecule has 0 amide bonds. The van der Waals surface area contributed by atoms with Gasteiger partial charge in [-0.1, -0.05) is 11.6 Å². The van der Waals surface area contributed by atoms with E-state index in [9.17, 15) is 0 Å². The summed E-state index contributed by atoms with van der Waals surface area (Å²) in [5.74, 6) is 0.408. The van der Waals surface area contributed by atoms with E-state index < -0.39 is 0 Å². The van der Waals surface area contributed by atoms with Crippen LogP contribution in [-0.2, 0) is 6.42 Å². The first kappa shape index (κ1) is 14.3. The molecule has 2 rings (SSSR count). The molecule has 0 aliphatic carbocycles. The van der Waals surface area contributed by atoms with Crippen molar-refractivity contribution in [2.75, 3.05) is 18.5 Å². The topological polar surface area (TPSA) is 59.9 Å². The Morgan fingerprint density at radius 3 is 2.79 bits per heavy atom. The molecule has 1 N–H and O–H groups in total. The third-order valence-corrected chi connectivity index (χ3v) is 3.60. The average molecular weight is 319 g/mol. The molecule has 0 aliphatic heterocycles. The summed E-state index contributed by atoms with van der Waals surface area (Å²) in [6.45, 7) is 3.02. The van der Waals surface area contributed by atoms with Gasteiger partial charge >= 0.3 is 6.01 Å². The molecule has 0 unspecified atom stereocenters. The highest BCUT2D eigenvalue weighted by Gasteiger charge is 2.05. The monoisotopic (exact) mass is 318 g/mol. The van der Waals surface area contributed by atoms with Crippen molar-refractivity contribution in [1.29, 1.82) is 0 Å². The maximum Gasteiger partial charge on any atom is 0.322 e. The van der Waals surface area contributed by atoms with Crippen LogP contribution in [0.25, 0.3) is 0 Å². The van der Waals surface area contributed by atoms with Crippen molar-refractivity contribution in [3.8, 4) is 6.01 Å². The second kappa shape index (κ2) is 6.88. The normalized spacial score (nSPS) is 10.5. The number of nitrogens with one attached hydrogen (secondary N) is 1. The second-order valence-corrected chi connectivity index (χ2v) is 5.66. The summed E-state index contributed by atoms with van der Waals surface area (Å²) < 4.78 is 5.98. The van der Waals surface area contributed by atoms with Gasteiger partial charge in [-0.15, -0.1) is 11.3 Å². The van der Waals surface area contributed by atoms with Gasteiger partial charge in [-0.2, -0.15) is 15.0 Å². The number of rotatable bonds is 6. The molecule has 0 radical (unpaired) electrons. The third kappa shape index (κ3) is 4.49. The largest absolute Gasteiger partial charge is 0.464 e. The lowest BCUT2D eigenvalue weighted by molar-refractivity contribution is 0.312. The lowest BCUT2D eigenvalue weighted by atomic mass is 10.3. The summed E-state index contributed by atoms with van der Waals surface area (Å²) in [6.07, 6.45) is 0.838. The molecular weight excluding hydrogens is 307 g/mol. The number of hydrogen-bond donors (Lipinski definition) is 1. The third-order valence-electron chi connectivity index (χ3n) is 2.14. The van der Waals surface area contributed by atoms with E-state index in [0.717, 1.165) is 10.8 Å². The van der Waals surface area contributed by atoms with E-state index in [-0.39, 0.29) is 11.3 Å². The SMILES string of the molecule is CCOc1nc(Cl)nc(NCCc2ccc(Cl)s2)n1. The highest BCUT2D eigenvalue weighted by atomic mass is 35.5. The molecule has 0 saturated heterocycles. The molecule has 102 valence electrons. The van der Waals surface area contributed by atoms with Crippen LogP contribution in [0.2, 0.25) is 9.62 Å². The number of thiophene rings is 1. The average Bonchev–Trinajstić information content (AvgIpc) is 2.75. The zero-order valence-corrected chi connectivity index (χ0v) is 12.5. The van der Waals surface area contributed by atoms with Gasteiger partial charge < -0.3 is 10.1 Å². The second-order valence-electron chi connectivity index (χ2n) is 3.53. The van der Waals surface area contributed by atoms with Crippen LogP contribution in [-0.4, -0.2) is 28.1 Å². The molecule has 0 aliphatic rings. The number of aromatic nitrogens is 3. The molecule has 5 nitrogen and oxygen atoms in total. The Hall–Kier alpha value is -1.11. The van der Waals surface area contributed by atoms with E-state index in [0.29, 0.717) is 19.1 Å². The highest BCUT2D eigenvalue weighted by Crippen LogP contribution is 2.21. The van der Waals surface area contributed by atoms with Gasteiger partial charge in [0, 0.05) is 11.4 Å². The summed E-state index contributed by atoms with van der Waals surface area (Å²) in [5, 5.41) is 3.19.